The summed E-state index contributed by atoms with van der Waals surface area (Å²) in [4.78, 5) is 11.7. The Morgan fingerprint density at radius 1 is 1.00 bits per heavy atom. The minimum absolute atomic E-state index is 0.484. The van der Waals surface area contributed by atoms with Gasteiger partial charge in [-0.25, -0.2) is 4.79 Å². The summed E-state index contributed by atoms with van der Waals surface area (Å²) in [6.45, 7) is 3.79. The molecule has 5 nitrogen and oxygen atoms in total. The Kier molecular flexibility index (Phi) is 2.22. The molecule has 2 aromatic carbocycles. The highest BCUT2D eigenvalue weighted by Gasteiger charge is 2.54. The van der Waals surface area contributed by atoms with Gasteiger partial charge in [0.05, 0.1) is 5.56 Å². The zero-order chi connectivity index (χ0) is 15.8. The predicted molar refractivity (Wildman–Crippen MR) is 82.5 cm³/mol. The SMILES string of the molecule is CC1(C)Oc2ccc3oc4ccccc4c3c2C2OC(=O)OC21. The second kappa shape index (κ2) is 3.98. The van der Waals surface area contributed by atoms with Crippen LogP contribution in [0.5, 0.6) is 5.75 Å². The molecule has 5 rings (SSSR count). The van der Waals surface area contributed by atoms with Crippen LogP contribution in [0.2, 0.25) is 0 Å². The van der Waals surface area contributed by atoms with Crippen molar-refractivity contribution in [2.24, 2.45) is 0 Å². The molecule has 3 heterocycles. The summed E-state index contributed by atoms with van der Waals surface area (Å²) < 4.78 is 22.8. The van der Waals surface area contributed by atoms with Gasteiger partial charge in [0.2, 0.25) is 0 Å². The lowest BCUT2D eigenvalue weighted by atomic mass is 9.86. The van der Waals surface area contributed by atoms with Gasteiger partial charge in [0, 0.05) is 10.8 Å². The predicted octanol–water partition coefficient (Wildman–Crippen LogP) is 4.33. The number of hydrogen-bond donors (Lipinski definition) is 0. The smallest absolute Gasteiger partial charge is 0.483 e. The summed E-state index contributed by atoms with van der Waals surface area (Å²) in [5.41, 5.74) is 1.71. The Labute approximate surface area is 131 Å². The third-order valence-electron chi connectivity index (χ3n) is 4.61. The van der Waals surface area contributed by atoms with Crippen LogP contribution in [0.3, 0.4) is 0 Å². The molecule has 1 fully saturated rings. The van der Waals surface area contributed by atoms with E-state index in [1.54, 1.807) is 0 Å². The van der Waals surface area contributed by atoms with Crippen LogP contribution in [0, 0.1) is 0 Å². The summed E-state index contributed by atoms with van der Waals surface area (Å²) in [5, 5.41) is 1.89. The van der Waals surface area contributed by atoms with Gasteiger partial charge in [-0.3, -0.25) is 0 Å². The van der Waals surface area contributed by atoms with Crippen LogP contribution in [-0.4, -0.2) is 17.9 Å². The molecule has 0 N–H and O–H groups in total. The molecular weight excluding hydrogens is 296 g/mol. The van der Waals surface area contributed by atoms with Gasteiger partial charge in [0.15, 0.2) is 12.2 Å². The maximum Gasteiger partial charge on any atom is 0.509 e. The molecule has 0 aliphatic carbocycles. The van der Waals surface area contributed by atoms with Crippen molar-refractivity contribution in [3.8, 4) is 5.75 Å². The Bertz CT molecular complexity index is 968. The fraction of sp³-hybridized carbons (Fsp3) is 0.278. The number of carbonyl (C=O) groups excluding carboxylic acids is 1. The van der Waals surface area contributed by atoms with Crippen LogP contribution in [0.15, 0.2) is 40.8 Å². The van der Waals surface area contributed by atoms with Crippen LogP contribution >= 0.6 is 0 Å². The van der Waals surface area contributed by atoms with Crippen molar-refractivity contribution >= 4 is 28.1 Å². The minimum atomic E-state index is -0.658. The highest BCUT2D eigenvalue weighted by Crippen LogP contribution is 2.50. The van der Waals surface area contributed by atoms with Gasteiger partial charge < -0.3 is 18.6 Å². The van der Waals surface area contributed by atoms with Gasteiger partial charge in [-0.1, -0.05) is 18.2 Å². The number of carbonyl (C=O) groups is 1. The van der Waals surface area contributed by atoms with Crippen molar-refractivity contribution in [1.82, 2.24) is 0 Å². The molecule has 2 aliphatic heterocycles. The lowest BCUT2D eigenvalue weighted by Crippen LogP contribution is -2.47. The number of furan rings is 1. The lowest BCUT2D eigenvalue weighted by Gasteiger charge is -2.38. The molecule has 5 heteroatoms. The molecular formula is C18H14O5. The normalized spacial score (nSPS) is 24.7. The second-order valence-corrected chi connectivity index (χ2v) is 6.48. The molecule has 1 saturated heterocycles. The number of para-hydroxylation sites is 1. The molecule has 0 amide bonds. The Balaban J connectivity index is 1.88. The van der Waals surface area contributed by atoms with Crippen molar-refractivity contribution in [3.05, 3.63) is 42.0 Å². The molecule has 2 atom stereocenters. The minimum Gasteiger partial charge on any atom is -0.483 e. The molecule has 0 radical (unpaired) electrons. The molecule has 0 saturated carbocycles. The van der Waals surface area contributed by atoms with E-state index in [9.17, 15) is 4.79 Å². The van der Waals surface area contributed by atoms with Crippen LogP contribution < -0.4 is 4.74 Å². The maximum absolute atomic E-state index is 11.7. The third kappa shape index (κ3) is 1.59. The summed E-state index contributed by atoms with van der Waals surface area (Å²) in [6, 6.07) is 11.6. The number of hydrogen-bond acceptors (Lipinski definition) is 5. The van der Waals surface area contributed by atoms with Crippen molar-refractivity contribution in [3.63, 3.8) is 0 Å². The fourth-order valence-corrected chi connectivity index (χ4v) is 3.61. The van der Waals surface area contributed by atoms with Crippen LogP contribution in [0.4, 0.5) is 4.79 Å². The zero-order valence-electron chi connectivity index (χ0n) is 12.7. The van der Waals surface area contributed by atoms with E-state index in [1.807, 2.05) is 50.2 Å². The molecule has 23 heavy (non-hydrogen) atoms. The first-order valence-corrected chi connectivity index (χ1v) is 7.55. The highest BCUT2D eigenvalue weighted by atomic mass is 16.8. The van der Waals surface area contributed by atoms with Crippen molar-refractivity contribution in [1.29, 1.82) is 0 Å². The summed E-state index contributed by atoms with van der Waals surface area (Å²) in [5.74, 6) is 0.702. The van der Waals surface area contributed by atoms with E-state index in [4.69, 9.17) is 18.6 Å². The largest absolute Gasteiger partial charge is 0.509 e. The first-order valence-electron chi connectivity index (χ1n) is 7.55. The number of ether oxygens (including phenoxy) is 3. The summed E-state index contributed by atoms with van der Waals surface area (Å²) in [7, 11) is 0. The second-order valence-electron chi connectivity index (χ2n) is 6.48. The van der Waals surface area contributed by atoms with Gasteiger partial charge in [-0.05, 0) is 32.0 Å². The summed E-state index contributed by atoms with van der Waals surface area (Å²) >= 11 is 0. The fourth-order valence-electron chi connectivity index (χ4n) is 3.61. The lowest BCUT2D eigenvalue weighted by molar-refractivity contribution is -0.0496. The first kappa shape index (κ1) is 12.8. The van der Waals surface area contributed by atoms with E-state index >= 15 is 0 Å². The van der Waals surface area contributed by atoms with Gasteiger partial charge in [0.1, 0.15) is 22.5 Å². The third-order valence-corrected chi connectivity index (χ3v) is 4.61. The molecule has 2 aliphatic rings. The number of fused-ring (bicyclic) bond motifs is 7. The van der Waals surface area contributed by atoms with Crippen LogP contribution in [0.25, 0.3) is 21.9 Å². The molecule has 0 bridgehead atoms. The van der Waals surface area contributed by atoms with Crippen molar-refractivity contribution in [2.75, 3.05) is 0 Å². The average Bonchev–Trinajstić information content (AvgIpc) is 3.07. The number of rotatable bonds is 0. The maximum atomic E-state index is 11.7. The van der Waals surface area contributed by atoms with E-state index in [1.165, 1.54) is 0 Å². The average molecular weight is 310 g/mol. The van der Waals surface area contributed by atoms with Gasteiger partial charge in [-0.2, -0.15) is 0 Å². The van der Waals surface area contributed by atoms with Gasteiger partial charge in [0.25, 0.3) is 0 Å². The van der Waals surface area contributed by atoms with Gasteiger partial charge in [-0.15, -0.1) is 0 Å². The Hall–Kier alpha value is -2.69. The van der Waals surface area contributed by atoms with Crippen LogP contribution in [-0.2, 0) is 9.47 Å². The highest BCUT2D eigenvalue weighted by molar-refractivity contribution is 6.08. The molecule has 2 unspecified atom stereocenters. The van der Waals surface area contributed by atoms with Gasteiger partial charge >= 0.3 is 6.16 Å². The Morgan fingerprint density at radius 2 is 1.83 bits per heavy atom. The van der Waals surface area contributed by atoms with E-state index in [2.05, 4.69) is 0 Å². The van der Waals surface area contributed by atoms with Crippen molar-refractivity contribution < 1.29 is 23.4 Å². The number of benzene rings is 2. The topological polar surface area (TPSA) is 57.9 Å². The standard InChI is InChI=1S/C18H14O5/c1-18(2)16-15(21-17(19)22-16)14-12(23-18)8-7-11-13(14)9-5-3-4-6-10(9)20-11/h3-8,15-16H,1-2H3. The van der Waals surface area contributed by atoms with Crippen LogP contribution in [0.1, 0.15) is 25.5 Å². The monoisotopic (exact) mass is 310 g/mol. The Morgan fingerprint density at radius 3 is 2.70 bits per heavy atom. The molecule has 1 aromatic heterocycles. The molecule has 0 spiro atoms. The van der Waals surface area contributed by atoms with E-state index in [-0.39, 0.29) is 0 Å². The van der Waals surface area contributed by atoms with E-state index in [0.717, 1.165) is 27.5 Å². The van der Waals surface area contributed by atoms with E-state index in [0.29, 0.717) is 5.75 Å². The summed E-state index contributed by atoms with van der Waals surface area (Å²) in [6.07, 6.45) is -1.64. The molecule has 116 valence electrons. The first-order chi connectivity index (χ1) is 11.0. The van der Waals surface area contributed by atoms with Crippen molar-refractivity contribution in [2.45, 2.75) is 31.7 Å². The quantitative estimate of drug-likeness (QED) is 0.578. The van der Waals surface area contributed by atoms with E-state index < -0.39 is 24.0 Å². The molecule has 3 aromatic rings. The zero-order valence-corrected chi connectivity index (χ0v) is 12.7.